The first-order valence-electron chi connectivity index (χ1n) is 5.35. The van der Waals surface area contributed by atoms with Crippen molar-refractivity contribution in [3.8, 4) is 0 Å². The molecule has 2 N–H and O–H groups in total. The van der Waals surface area contributed by atoms with E-state index >= 15 is 0 Å². The smallest absolute Gasteiger partial charge is 0.142 e. The van der Waals surface area contributed by atoms with E-state index in [2.05, 4.69) is 16.9 Å². The molecule has 15 heavy (non-hydrogen) atoms. The van der Waals surface area contributed by atoms with Crippen molar-refractivity contribution in [3.63, 3.8) is 0 Å². The molecule has 80 valence electrons. The average Bonchev–Trinajstić information content (AvgIpc) is 2.62. The Labute approximate surface area is 89.2 Å². The molecule has 0 amide bonds. The van der Waals surface area contributed by atoms with Gasteiger partial charge in [-0.3, -0.25) is 4.40 Å². The standard InChI is InChI=1S/C11H16N4/c1-2-3-9-6-13-8-15-7-10(4-5-12)14-11(9)15/h6-8H,2-5,12H2,1H3. The van der Waals surface area contributed by atoms with E-state index in [4.69, 9.17) is 5.73 Å². The third-order valence-electron chi connectivity index (χ3n) is 2.41. The van der Waals surface area contributed by atoms with Crippen molar-refractivity contribution in [2.75, 3.05) is 6.54 Å². The Morgan fingerprint density at radius 3 is 3.00 bits per heavy atom. The Kier molecular flexibility index (Phi) is 2.97. The first-order valence-corrected chi connectivity index (χ1v) is 5.35. The molecule has 2 heterocycles. The van der Waals surface area contributed by atoms with E-state index in [1.807, 2.05) is 16.8 Å². The van der Waals surface area contributed by atoms with Crippen LogP contribution in [-0.4, -0.2) is 20.9 Å². The zero-order chi connectivity index (χ0) is 10.7. The van der Waals surface area contributed by atoms with Gasteiger partial charge in [0.15, 0.2) is 0 Å². The van der Waals surface area contributed by atoms with Gasteiger partial charge < -0.3 is 5.73 Å². The second-order valence-electron chi connectivity index (χ2n) is 3.67. The number of aryl methyl sites for hydroxylation is 1. The fourth-order valence-corrected chi connectivity index (χ4v) is 1.74. The highest BCUT2D eigenvalue weighted by molar-refractivity contribution is 5.47. The second kappa shape index (κ2) is 4.40. The normalized spacial score (nSPS) is 11.1. The lowest BCUT2D eigenvalue weighted by Crippen LogP contribution is -2.02. The summed E-state index contributed by atoms with van der Waals surface area (Å²) in [4.78, 5) is 8.76. The van der Waals surface area contributed by atoms with E-state index < -0.39 is 0 Å². The third-order valence-corrected chi connectivity index (χ3v) is 2.41. The highest BCUT2D eigenvalue weighted by Crippen LogP contribution is 2.11. The van der Waals surface area contributed by atoms with Crippen molar-refractivity contribution in [1.29, 1.82) is 0 Å². The fourth-order valence-electron chi connectivity index (χ4n) is 1.74. The van der Waals surface area contributed by atoms with Gasteiger partial charge in [-0.25, -0.2) is 9.97 Å². The van der Waals surface area contributed by atoms with Gasteiger partial charge >= 0.3 is 0 Å². The third kappa shape index (κ3) is 1.99. The molecule has 2 aromatic rings. The predicted molar refractivity (Wildman–Crippen MR) is 59.7 cm³/mol. The molecule has 4 nitrogen and oxygen atoms in total. The molecular formula is C11H16N4. The first-order chi connectivity index (χ1) is 7.35. The van der Waals surface area contributed by atoms with Crippen LogP contribution < -0.4 is 5.73 Å². The van der Waals surface area contributed by atoms with Crippen molar-refractivity contribution < 1.29 is 0 Å². The molecule has 0 atom stereocenters. The Bertz CT molecular complexity index is 447. The van der Waals surface area contributed by atoms with Crippen molar-refractivity contribution >= 4 is 5.65 Å². The van der Waals surface area contributed by atoms with Crippen LogP contribution in [0.2, 0.25) is 0 Å². The number of hydrogen-bond donors (Lipinski definition) is 1. The van der Waals surface area contributed by atoms with Crippen molar-refractivity contribution in [1.82, 2.24) is 14.4 Å². The monoisotopic (exact) mass is 204 g/mol. The van der Waals surface area contributed by atoms with Gasteiger partial charge in [0.25, 0.3) is 0 Å². The zero-order valence-electron chi connectivity index (χ0n) is 8.98. The molecule has 0 unspecified atom stereocenters. The van der Waals surface area contributed by atoms with Gasteiger partial charge in [-0.1, -0.05) is 13.3 Å². The average molecular weight is 204 g/mol. The SMILES string of the molecule is CCCc1cncn2cc(CCN)nc12. The van der Waals surface area contributed by atoms with Crippen LogP contribution in [0.15, 0.2) is 18.7 Å². The molecule has 0 aromatic carbocycles. The topological polar surface area (TPSA) is 56.2 Å². The Morgan fingerprint density at radius 2 is 2.27 bits per heavy atom. The number of aromatic nitrogens is 3. The zero-order valence-corrected chi connectivity index (χ0v) is 8.98. The van der Waals surface area contributed by atoms with Crippen LogP contribution in [-0.2, 0) is 12.8 Å². The summed E-state index contributed by atoms with van der Waals surface area (Å²) in [7, 11) is 0. The highest BCUT2D eigenvalue weighted by atomic mass is 15.0. The summed E-state index contributed by atoms with van der Waals surface area (Å²) in [6.45, 7) is 2.80. The van der Waals surface area contributed by atoms with E-state index in [0.717, 1.165) is 30.6 Å². The molecule has 4 heteroatoms. The quantitative estimate of drug-likeness (QED) is 0.813. The van der Waals surface area contributed by atoms with E-state index in [0.29, 0.717) is 6.54 Å². The molecule has 0 saturated carbocycles. The van der Waals surface area contributed by atoms with Crippen LogP contribution in [0.5, 0.6) is 0 Å². The molecular weight excluding hydrogens is 188 g/mol. The summed E-state index contributed by atoms with van der Waals surface area (Å²) in [5.41, 5.74) is 8.79. The first kappa shape index (κ1) is 10.1. The fraction of sp³-hybridized carbons (Fsp3) is 0.455. The summed E-state index contributed by atoms with van der Waals surface area (Å²) in [6, 6.07) is 0. The maximum absolute atomic E-state index is 5.51. The lowest BCUT2D eigenvalue weighted by molar-refractivity contribution is 0.900. The molecule has 2 rings (SSSR count). The van der Waals surface area contributed by atoms with Gasteiger partial charge in [-0.15, -0.1) is 0 Å². The molecule has 0 radical (unpaired) electrons. The Morgan fingerprint density at radius 1 is 1.40 bits per heavy atom. The molecule has 0 aliphatic heterocycles. The number of nitrogens with zero attached hydrogens (tertiary/aromatic N) is 3. The van der Waals surface area contributed by atoms with Crippen LogP contribution >= 0.6 is 0 Å². The summed E-state index contributed by atoms with van der Waals surface area (Å²) >= 11 is 0. The van der Waals surface area contributed by atoms with Gasteiger partial charge in [0, 0.05) is 24.4 Å². The summed E-state index contributed by atoms with van der Waals surface area (Å²) in [5, 5.41) is 0. The van der Waals surface area contributed by atoms with Crippen LogP contribution in [0.1, 0.15) is 24.6 Å². The Hall–Kier alpha value is -1.42. The maximum Gasteiger partial charge on any atom is 0.142 e. The van der Waals surface area contributed by atoms with Gasteiger partial charge in [-0.2, -0.15) is 0 Å². The number of nitrogens with two attached hydrogens (primary N) is 1. The molecule has 0 aliphatic carbocycles. The van der Waals surface area contributed by atoms with Gasteiger partial charge in [0.1, 0.15) is 12.0 Å². The van der Waals surface area contributed by atoms with Crippen LogP contribution in [0.4, 0.5) is 0 Å². The molecule has 2 aromatic heterocycles. The van der Waals surface area contributed by atoms with Gasteiger partial charge in [0.05, 0.1) is 5.69 Å². The molecule has 0 fully saturated rings. The van der Waals surface area contributed by atoms with Crippen molar-refractivity contribution in [3.05, 3.63) is 30.0 Å². The van der Waals surface area contributed by atoms with Gasteiger partial charge in [0.2, 0.25) is 0 Å². The summed E-state index contributed by atoms with van der Waals surface area (Å²) < 4.78 is 1.98. The Balaban J connectivity index is 2.44. The van der Waals surface area contributed by atoms with Gasteiger partial charge in [-0.05, 0) is 13.0 Å². The number of rotatable bonds is 4. The number of hydrogen-bond acceptors (Lipinski definition) is 3. The summed E-state index contributed by atoms with van der Waals surface area (Å²) in [5.74, 6) is 0. The van der Waals surface area contributed by atoms with Crippen molar-refractivity contribution in [2.45, 2.75) is 26.2 Å². The molecule has 0 aliphatic rings. The molecule has 0 saturated heterocycles. The lowest BCUT2D eigenvalue weighted by Gasteiger charge is -1.99. The minimum Gasteiger partial charge on any atom is -0.330 e. The maximum atomic E-state index is 5.51. The number of imidazole rings is 1. The largest absolute Gasteiger partial charge is 0.330 e. The molecule has 0 spiro atoms. The van der Waals surface area contributed by atoms with E-state index in [-0.39, 0.29) is 0 Å². The predicted octanol–water partition coefficient (Wildman–Crippen LogP) is 1.18. The highest BCUT2D eigenvalue weighted by Gasteiger charge is 2.05. The minimum absolute atomic E-state index is 0.639. The van der Waals surface area contributed by atoms with E-state index in [9.17, 15) is 0 Å². The minimum atomic E-state index is 0.639. The van der Waals surface area contributed by atoms with Crippen LogP contribution in [0.25, 0.3) is 5.65 Å². The summed E-state index contributed by atoms with van der Waals surface area (Å²) in [6.07, 6.45) is 8.66. The van der Waals surface area contributed by atoms with Crippen molar-refractivity contribution in [2.24, 2.45) is 5.73 Å². The second-order valence-corrected chi connectivity index (χ2v) is 3.67. The van der Waals surface area contributed by atoms with E-state index in [1.54, 1.807) is 6.33 Å². The van der Waals surface area contributed by atoms with Crippen LogP contribution in [0, 0.1) is 0 Å². The van der Waals surface area contributed by atoms with E-state index in [1.165, 1.54) is 5.56 Å². The molecule has 0 bridgehead atoms. The van der Waals surface area contributed by atoms with Crippen LogP contribution in [0.3, 0.4) is 0 Å². The number of fused-ring (bicyclic) bond motifs is 1. The lowest BCUT2D eigenvalue weighted by atomic mass is 10.2.